The number of para-hydroxylation sites is 2. The SMILES string of the molecule is [2H][C@H]1N=C(C2COc3ccccc3O2)NC1([2H])[2H]. The Morgan fingerprint density at radius 3 is 3.07 bits per heavy atom. The van der Waals surface area contributed by atoms with Gasteiger partial charge in [-0.1, -0.05) is 12.1 Å². The van der Waals surface area contributed by atoms with Gasteiger partial charge in [0, 0.05) is 6.50 Å². The van der Waals surface area contributed by atoms with Crippen LogP contribution in [0.4, 0.5) is 0 Å². The van der Waals surface area contributed by atoms with Crippen LogP contribution in [0.3, 0.4) is 0 Å². The van der Waals surface area contributed by atoms with Crippen LogP contribution in [0.2, 0.25) is 0 Å². The van der Waals surface area contributed by atoms with Crippen molar-refractivity contribution in [2.75, 3.05) is 19.6 Å². The van der Waals surface area contributed by atoms with Crippen LogP contribution in [0.15, 0.2) is 29.3 Å². The average molecular weight is 207 g/mol. The molecule has 0 aliphatic carbocycles. The number of aliphatic imine (C=N–C) groups is 1. The topological polar surface area (TPSA) is 42.9 Å². The minimum atomic E-state index is -1.85. The van der Waals surface area contributed by atoms with Gasteiger partial charge in [0.05, 0.1) is 10.6 Å². The molecule has 0 aromatic heterocycles. The molecule has 0 radical (unpaired) electrons. The van der Waals surface area contributed by atoms with Gasteiger partial charge in [0.1, 0.15) is 12.4 Å². The fourth-order valence-electron chi connectivity index (χ4n) is 1.56. The number of ether oxygens (including phenoxy) is 2. The van der Waals surface area contributed by atoms with E-state index in [0.29, 0.717) is 17.3 Å². The average Bonchev–Trinajstić information content (AvgIpc) is 2.63. The summed E-state index contributed by atoms with van der Waals surface area (Å²) in [6.07, 6.45) is -0.495. The summed E-state index contributed by atoms with van der Waals surface area (Å²) >= 11 is 0. The first-order valence-electron chi connectivity index (χ1n) is 6.30. The molecule has 0 bridgehead atoms. The minimum Gasteiger partial charge on any atom is -0.485 e. The Kier molecular flexibility index (Phi) is 1.38. The maximum Gasteiger partial charge on any atom is 0.189 e. The third kappa shape index (κ3) is 1.52. The predicted octanol–water partition coefficient (Wildman–Crippen LogP) is 0.828. The second-order valence-corrected chi connectivity index (χ2v) is 3.28. The van der Waals surface area contributed by atoms with Crippen molar-refractivity contribution in [3.05, 3.63) is 24.3 Å². The van der Waals surface area contributed by atoms with Crippen LogP contribution in [0, 0.1) is 0 Å². The molecule has 0 amide bonds. The number of benzene rings is 1. The van der Waals surface area contributed by atoms with Crippen LogP contribution < -0.4 is 14.8 Å². The molecule has 4 heteroatoms. The fourth-order valence-corrected chi connectivity index (χ4v) is 1.56. The zero-order chi connectivity index (χ0) is 12.8. The van der Waals surface area contributed by atoms with Crippen molar-refractivity contribution in [2.24, 2.45) is 4.99 Å². The monoisotopic (exact) mass is 207 g/mol. The normalized spacial score (nSPS) is 34.4. The quantitative estimate of drug-likeness (QED) is 0.741. The summed E-state index contributed by atoms with van der Waals surface area (Å²) in [7, 11) is 0. The summed E-state index contributed by atoms with van der Waals surface area (Å²) in [5.41, 5.74) is 0. The molecular weight excluding hydrogens is 192 g/mol. The maximum absolute atomic E-state index is 7.54. The van der Waals surface area contributed by atoms with Crippen molar-refractivity contribution < 1.29 is 13.6 Å². The van der Waals surface area contributed by atoms with Crippen molar-refractivity contribution in [3.8, 4) is 11.5 Å². The van der Waals surface area contributed by atoms with Gasteiger partial charge in [0.15, 0.2) is 17.6 Å². The molecule has 1 N–H and O–H groups in total. The van der Waals surface area contributed by atoms with E-state index in [4.69, 9.17) is 13.6 Å². The van der Waals surface area contributed by atoms with Gasteiger partial charge < -0.3 is 14.8 Å². The first-order valence-corrected chi connectivity index (χ1v) is 4.73. The van der Waals surface area contributed by atoms with Crippen LogP contribution in [0.1, 0.15) is 4.11 Å². The first kappa shape index (κ1) is 6.00. The lowest BCUT2D eigenvalue weighted by atomic mass is 10.2. The summed E-state index contributed by atoms with van der Waals surface area (Å²) < 4.78 is 33.8. The largest absolute Gasteiger partial charge is 0.485 e. The van der Waals surface area contributed by atoms with Gasteiger partial charge in [-0.15, -0.1) is 0 Å². The van der Waals surface area contributed by atoms with E-state index in [0.717, 1.165) is 0 Å². The van der Waals surface area contributed by atoms with Gasteiger partial charge in [-0.05, 0) is 12.1 Å². The molecule has 0 fully saturated rings. The van der Waals surface area contributed by atoms with Gasteiger partial charge in [0.2, 0.25) is 0 Å². The van der Waals surface area contributed by atoms with E-state index in [1.807, 2.05) is 18.2 Å². The number of fused-ring (bicyclic) bond motifs is 1. The summed E-state index contributed by atoms with van der Waals surface area (Å²) in [5, 5.41) is 2.57. The van der Waals surface area contributed by atoms with E-state index in [1.54, 1.807) is 6.07 Å². The maximum atomic E-state index is 7.54. The van der Waals surface area contributed by atoms with E-state index in [1.165, 1.54) is 0 Å². The predicted molar refractivity (Wildman–Crippen MR) is 56.7 cm³/mol. The lowest BCUT2D eigenvalue weighted by molar-refractivity contribution is 0.133. The van der Waals surface area contributed by atoms with Crippen molar-refractivity contribution in [1.29, 1.82) is 0 Å². The Balaban J connectivity index is 1.80. The summed E-state index contributed by atoms with van der Waals surface area (Å²) in [5.74, 6) is 1.60. The molecule has 2 atom stereocenters. The smallest absolute Gasteiger partial charge is 0.189 e. The highest BCUT2D eigenvalue weighted by Gasteiger charge is 2.26. The van der Waals surface area contributed by atoms with Gasteiger partial charge in [-0.2, -0.15) is 0 Å². The molecule has 1 aromatic carbocycles. The van der Waals surface area contributed by atoms with Crippen molar-refractivity contribution in [2.45, 2.75) is 6.10 Å². The molecule has 1 aromatic rings. The third-order valence-electron chi connectivity index (χ3n) is 2.28. The van der Waals surface area contributed by atoms with E-state index in [-0.39, 0.29) is 6.61 Å². The van der Waals surface area contributed by atoms with Crippen LogP contribution in [-0.2, 0) is 0 Å². The molecule has 78 valence electrons. The second-order valence-electron chi connectivity index (χ2n) is 3.28. The van der Waals surface area contributed by atoms with Gasteiger partial charge in [0.25, 0.3) is 0 Å². The number of rotatable bonds is 1. The number of hydrogen-bond donors (Lipinski definition) is 1. The van der Waals surface area contributed by atoms with Gasteiger partial charge in [-0.3, -0.25) is 4.99 Å². The third-order valence-corrected chi connectivity index (χ3v) is 2.28. The molecule has 0 saturated carbocycles. The Hall–Kier alpha value is -1.71. The highest BCUT2D eigenvalue weighted by molar-refractivity contribution is 5.88. The zero-order valence-corrected chi connectivity index (χ0v) is 7.93. The van der Waals surface area contributed by atoms with E-state index >= 15 is 0 Å². The standard InChI is InChI=1S/C11H12N2O2/c1-2-4-9-8(3-1)14-7-10(15-9)11-12-5-6-13-11/h1-4,10H,5-7H2,(H,12,13)/i5D,6D2/t5-,10?/m1/s1. The van der Waals surface area contributed by atoms with Crippen molar-refractivity contribution in [1.82, 2.24) is 5.32 Å². The fraction of sp³-hybridized carbons (Fsp3) is 0.364. The van der Waals surface area contributed by atoms with E-state index in [9.17, 15) is 0 Å². The first-order chi connectivity index (χ1) is 8.56. The number of hydrogen-bond acceptors (Lipinski definition) is 4. The molecule has 2 heterocycles. The molecular formula is C11H12N2O2. The highest BCUT2D eigenvalue weighted by Crippen LogP contribution is 2.31. The van der Waals surface area contributed by atoms with Crippen LogP contribution >= 0.6 is 0 Å². The summed E-state index contributed by atoms with van der Waals surface area (Å²) in [6.45, 7) is -2.77. The number of nitrogens with zero attached hydrogens (tertiary/aromatic N) is 1. The Morgan fingerprint density at radius 2 is 2.27 bits per heavy atom. The molecule has 4 nitrogen and oxygen atoms in total. The second kappa shape index (κ2) is 3.46. The van der Waals surface area contributed by atoms with Crippen LogP contribution in [-0.4, -0.2) is 31.6 Å². The van der Waals surface area contributed by atoms with Crippen LogP contribution in [0.5, 0.6) is 11.5 Å². The Bertz CT molecular complexity index is 507. The molecule has 0 spiro atoms. The van der Waals surface area contributed by atoms with Gasteiger partial charge >= 0.3 is 0 Å². The molecule has 3 rings (SSSR count). The lowest BCUT2D eigenvalue weighted by Crippen LogP contribution is -2.42. The number of nitrogens with one attached hydrogen (secondary N) is 1. The molecule has 2 aliphatic rings. The highest BCUT2D eigenvalue weighted by atomic mass is 16.6. The summed E-state index contributed by atoms with van der Waals surface area (Å²) in [6, 6.07) is 7.28. The van der Waals surface area contributed by atoms with E-state index in [2.05, 4.69) is 10.3 Å². The molecule has 2 aliphatic heterocycles. The molecule has 15 heavy (non-hydrogen) atoms. The van der Waals surface area contributed by atoms with Crippen molar-refractivity contribution >= 4 is 5.84 Å². The molecule has 1 unspecified atom stereocenters. The minimum absolute atomic E-state index is 0.256. The summed E-state index contributed by atoms with van der Waals surface area (Å²) in [4.78, 5) is 3.93. The Labute approximate surface area is 92.1 Å². The van der Waals surface area contributed by atoms with E-state index < -0.39 is 19.1 Å². The lowest BCUT2D eigenvalue weighted by Gasteiger charge is -2.26. The van der Waals surface area contributed by atoms with Gasteiger partial charge in [-0.25, -0.2) is 0 Å². The molecule has 0 saturated heterocycles. The van der Waals surface area contributed by atoms with Crippen LogP contribution in [0.25, 0.3) is 0 Å². The van der Waals surface area contributed by atoms with Crippen molar-refractivity contribution in [3.63, 3.8) is 0 Å². The number of amidine groups is 1. The zero-order valence-electron chi connectivity index (χ0n) is 10.9. The Morgan fingerprint density at radius 1 is 1.40 bits per heavy atom.